The second-order valence-corrected chi connectivity index (χ2v) is 18.9. The Morgan fingerprint density at radius 2 is 1.21 bits per heavy atom. The van der Waals surface area contributed by atoms with E-state index in [1.54, 1.807) is 25.6 Å². The molecular weight excluding hydrogens is 917 g/mol. The van der Waals surface area contributed by atoms with Crippen molar-refractivity contribution in [2.75, 3.05) is 75.2 Å². The summed E-state index contributed by atoms with van der Waals surface area (Å²) in [5, 5.41) is 10.7. The van der Waals surface area contributed by atoms with Crippen LogP contribution in [0.15, 0.2) is 157 Å². The van der Waals surface area contributed by atoms with Gasteiger partial charge >= 0.3 is 0 Å². The molecule has 73 heavy (non-hydrogen) atoms. The first-order valence-corrected chi connectivity index (χ1v) is 25.1. The molecule has 5 aliphatic rings. The lowest BCUT2D eigenvalue weighted by atomic mass is 9.95. The van der Waals surface area contributed by atoms with Gasteiger partial charge in [0.15, 0.2) is 0 Å². The van der Waals surface area contributed by atoms with Crippen LogP contribution in [0, 0.1) is 0 Å². The molecule has 0 saturated carbocycles. The van der Waals surface area contributed by atoms with Crippen molar-refractivity contribution >= 4 is 22.8 Å². The van der Waals surface area contributed by atoms with Crippen LogP contribution in [0.1, 0.15) is 64.9 Å². The summed E-state index contributed by atoms with van der Waals surface area (Å²) in [5.41, 5.74) is 14.6. The molecule has 2 saturated heterocycles. The van der Waals surface area contributed by atoms with E-state index in [1.165, 1.54) is 11.1 Å². The van der Waals surface area contributed by atoms with Crippen LogP contribution in [0.5, 0.6) is 23.0 Å². The van der Waals surface area contributed by atoms with E-state index in [0.29, 0.717) is 13.2 Å². The van der Waals surface area contributed by atoms with Crippen LogP contribution in [0.2, 0.25) is 0 Å². The summed E-state index contributed by atoms with van der Waals surface area (Å²) in [6.45, 7) is 10.4. The number of dihydropyridines is 1. The van der Waals surface area contributed by atoms with Crippen LogP contribution in [-0.4, -0.2) is 85.8 Å². The van der Waals surface area contributed by atoms with Crippen molar-refractivity contribution in [1.29, 1.82) is 0 Å². The second kappa shape index (κ2) is 21.4. The molecule has 4 aromatic carbocycles. The van der Waals surface area contributed by atoms with E-state index in [1.807, 2.05) is 54.9 Å². The van der Waals surface area contributed by atoms with Gasteiger partial charge in [0.1, 0.15) is 29.2 Å². The quantitative estimate of drug-likeness (QED) is 0.0976. The van der Waals surface area contributed by atoms with Gasteiger partial charge in [-0.15, -0.1) is 0 Å². The fourth-order valence-corrected chi connectivity index (χ4v) is 10.1. The first-order chi connectivity index (χ1) is 35.8. The van der Waals surface area contributed by atoms with Gasteiger partial charge in [0, 0.05) is 128 Å². The third-order valence-corrected chi connectivity index (χ3v) is 14.0. The molecule has 0 aliphatic carbocycles. The number of hydrogen-bond donors (Lipinski definition) is 4. The number of ether oxygens (including phenoxy) is 5. The Labute approximate surface area is 425 Å². The summed E-state index contributed by atoms with van der Waals surface area (Å²) in [7, 11) is 1.72. The summed E-state index contributed by atoms with van der Waals surface area (Å²) < 4.78 is 29.7. The molecule has 0 amide bonds. The minimum atomic E-state index is -0.208. The average molecular weight is 977 g/mol. The molecule has 0 bridgehead atoms. The highest BCUT2D eigenvalue weighted by Gasteiger charge is 2.27. The smallest absolute Gasteiger partial charge is 0.250 e. The van der Waals surface area contributed by atoms with Crippen molar-refractivity contribution in [2.24, 2.45) is 0 Å². The Kier molecular flexibility index (Phi) is 13.9. The molecule has 372 valence electrons. The van der Waals surface area contributed by atoms with Gasteiger partial charge in [-0.05, 0) is 115 Å². The number of pyridine rings is 3. The zero-order valence-corrected chi connectivity index (χ0v) is 41.4. The SMILES string of the molecule is CC(Nc1ccc2c(c1)Cc1cccc(-c3cc(N4CCOCC4)cc(=O)[nH]3)c1O2)c1cccnc1.COC1C=C(N2CCOCC2)C=C(c2cccc3c2Oc2ccc(NC(C)c4cccnc4)cc2C3)N1. The highest BCUT2D eigenvalue weighted by atomic mass is 16.5. The number of nitrogens with zero attached hydrogens (tertiary/aromatic N) is 4. The minimum absolute atomic E-state index is 0.124. The first-order valence-electron chi connectivity index (χ1n) is 25.1. The van der Waals surface area contributed by atoms with Gasteiger partial charge in [-0.1, -0.05) is 36.4 Å². The van der Waals surface area contributed by atoms with E-state index >= 15 is 0 Å². The van der Waals surface area contributed by atoms with Gasteiger partial charge in [0.05, 0.1) is 44.2 Å². The van der Waals surface area contributed by atoms with Crippen molar-refractivity contribution in [3.63, 3.8) is 0 Å². The Hall–Kier alpha value is -7.91. The predicted octanol–water partition coefficient (Wildman–Crippen LogP) is 10.2. The maximum atomic E-state index is 12.6. The zero-order valence-electron chi connectivity index (χ0n) is 41.4. The topological polar surface area (TPSA) is 147 Å². The number of anilines is 3. The van der Waals surface area contributed by atoms with E-state index in [0.717, 1.165) is 143 Å². The lowest BCUT2D eigenvalue weighted by Gasteiger charge is -2.34. The summed E-state index contributed by atoms with van der Waals surface area (Å²) in [6, 6.07) is 37.1. The molecular formula is C59H60N8O6. The number of hydrogen-bond acceptors (Lipinski definition) is 13. The fourth-order valence-electron chi connectivity index (χ4n) is 10.1. The van der Waals surface area contributed by atoms with Crippen molar-refractivity contribution in [3.8, 4) is 34.3 Å². The number of para-hydroxylation sites is 2. The Morgan fingerprint density at radius 3 is 1.77 bits per heavy atom. The number of benzene rings is 4. The molecule has 14 nitrogen and oxygen atoms in total. The molecule has 7 aromatic rings. The number of rotatable bonds is 11. The molecule has 8 heterocycles. The molecule has 2 fully saturated rings. The van der Waals surface area contributed by atoms with E-state index in [-0.39, 0.29) is 23.9 Å². The molecule has 5 aliphatic heterocycles. The van der Waals surface area contributed by atoms with E-state index in [2.05, 4.69) is 127 Å². The normalized spacial score (nSPS) is 17.4. The number of aromatic amines is 1. The number of nitrogens with one attached hydrogen (secondary N) is 4. The zero-order chi connectivity index (χ0) is 49.7. The minimum Gasteiger partial charge on any atom is -0.456 e. The molecule has 3 atom stereocenters. The van der Waals surface area contributed by atoms with Gasteiger partial charge in [-0.3, -0.25) is 14.8 Å². The number of methoxy groups -OCH3 is 1. The maximum absolute atomic E-state index is 12.6. The molecule has 3 unspecified atom stereocenters. The summed E-state index contributed by atoms with van der Waals surface area (Å²) in [5.74, 6) is 3.42. The Morgan fingerprint density at radius 1 is 0.644 bits per heavy atom. The van der Waals surface area contributed by atoms with Gasteiger partial charge in [0.25, 0.3) is 0 Å². The standard InChI is InChI=1S/C30H32N4O3.C29H28N4O3/c1-20(22-6-4-10-31-19-22)32-24-8-9-28-23(16-24)15-21-5-3-7-26(30(21)37-28)27-17-25(18-29(33-27)35-2)34-11-13-36-14-12-34;1-19(21-5-3-9-30-18-21)31-23-7-8-27-22(15-23)14-20-4-2-6-25(29(20)36-27)26-16-24(17-28(34)32-26)33-10-12-35-13-11-33/h3-10,16-20,29,32-33H,11-15H2,1-2H3;2-9,15-19,31H,10-14H2,1H3,(H,32,34). The van der Waals surface area contributed by atoms with Crippen LogP contribution in [0.3, 0.4) is 0 Å². The van der Waals surface area contributed by atoms with Gasteiger partial charge < -0.3 is 54.4 Å². The van der Waals surface area contributed by atoms with Crippen molar-refractivity contribution in [3.05, 3.63) is 201 Å². The monoisotopic (exact) mass is 976 g/mol. The van der Waals surface area contributed by atoms with Crippen molar-refractivity contribution in [1.82, 2.24) is 25.2 Å². The predicted molar refractivity (Wildman–Crippen MR) is 286 cm³/mol. The second-order valence-electron chi connectivity index (χ2n) is 18.9. The van der Waals surface area contributed by atoms with Crippen LogP contribution < -0.4 is 35.9 Å². The molecule has 4 N–H and O–H groups in total. The number of fused-ring (bicyclic) bond motifs is 4. The molecule has 3 aromatic heterocycles. The van der Waals surface area contributed by atoms with Gasteiger partial charge in [-0.25, -0.2) is 0 Å². The van der Waals surface area contributed by atoms with Crippen LogP contribution in [0.25, 0.3) is 17.0 Å². The largest absolute Gasteiger partial charge is 0.456 e. The molecule has 12 rings (SSSR count). The highest BCUT2D eigenvalue weighted by molar-refractivity contribution is 5.76. The first kappa shape index (κ1) is 47.4. The van der Waals surface area contributed by atoms with Crippen LogP contribution in [0.4, 0.5) is 17.1 Å². The Bertz CT molecular complexity index is 3200. The fraction of sp³-hybridized carbons (Fsp3) is 0.271. The lowest BCUT2D eigenvalue weighted by molar-refractivity contribution is 0.0531. The van der Waals surface area contributed by atoms with Crippen LogP contribution >= 0.6 is 0 Å². The number of morpholine rings is 2. The number of aromatic nitrogens is 3. The third-order valence-electron chi connectivity index (χ3n) is 14.0. The molecule has 0 radical (unpaired) electrons. The molecule has 14 heteroatoms. The van der Waals surface area contributed by atoms with Crippen molar-refractivity contribution < 1.29 is 23.7 Å². The van der Waals surface area contributed by atoms with E-state index < -0.39 is 0 Å². The summed E-state index contributed by atoms with van der Waals surface area (Å²) in [4.78, 5) is 28.6. The average Bonchev–Trinajstić information content (AvgIpc) is 3.44. The highest BCUT2D eigenvalue weighted by Crippen LogP contribution is 2.45. The van der Waals surface area contributed by atoms with E-state index in [4.69, 9.17) is 23.7 Å². The third kappa shape index (κ3) is 10.7. The number of H-pyrrole nitrogens is 1. The molecule has 0 spiro atoms. The van der Waals surface area contributed by atoms with Gasteiger partial charge in [-0.2, -0.15) is 0 Å². The maximum Gasteiger partial charge on any atom is 0.250 e. The van der Waals surface area contributed by atoms with Crippen LogP contribution in [-0.2, 0) is 27.1 Å². The van der Waals surface area contributed by atoms with Crippen molar-refractivity contribution in [2.45, 2.75) is 45.0 Å². The lowest BCUT2D eigenvalue weighted by Crippen LogP contribution is -2.39. The summed E-state index contributed by atoms with van der Waals surface area (Å²) in [6.07, 6.45) is 13.0. The Balaban J connectivity index is 0.000000157. The summed E-state index contributed by atoms with van der Waals surface area (Å²) >= 11 is 0. The van der Waals surface area contributed by atoms with Gasteiger partial charge in [0.2, 0.25) is 5.56 Å². The number of allylic oxidation sites excluding steroid dienone is 1. The van der Waals surface area contributed by atoms with E-state index in [9.17, 15) is 4.79 Å².